The SMILES string of the molecule is CC(C)n1cc(Oc2cc(CCl)nc3ccccc23)cn1. The minimum atomic E-state index is 0.301. The number of nitrogens with zero attached hydrogens (tertiary/aromatic N) is 3. The monoisotopic (exact) mass is 301 g/mol. The molecule has 3 aromatic rings. The molecule has 2 heterocycles. The molecule has 0 saturated heterocycles. The summed E-state index contributed by atoms with van der Waals surface area (Å²) in [7, 11) is 0. The highest BCUT2D eigenvalue weighted by Gasteiger charge is 2.09. The van der Waals surface area contributed by atoms with Crippen molar-refractivity contribution in [3.05, 3.63) is 48.4 Å². The van der Waals surface area contributed by atoms with Crippen LogP contribution in [0.2, 0.25) is 0 Å². The third-order valence-corrected chi connectivity index (χ3v) is 3.48. The van der Waals surface area contributed by atoms with Crippen molar-refractivity contribution in [1.82, 2.24) is 14.8 Å². The Morgan fingerprint density at radius 1 is 1.29 bits per heavy atom. The molecule has 0 saturated carbocycles. The van der Waals surface area contributed by atoms with Crippen molar-refractivity contribution in [3.8, 4) is 11.5 Å². The Balaban J connectivity index is 2.02. The summed E-state index contributed by atoms with van der Waals surface area (Å²) in [6.07, 6.45) is 3.61. The van der Waals surface area contributed by atoms with E-state index in [1.54, 1.807) is 6.20 Å². The summed E-state index contributed by atoms with van der Waals surface area (Å²) in [5, 5.41) is 5.25. The van der Waals surface area contributed by atoms with Gasteiger partial charge in [0.15, 0.2) is 5.75 Å². The fraction of sp³-hybridized carbons (Fsp3) is 0.250. The van der Waals surface area contributed by atoms with Crippen LogP contribution in [-0.2, 0) is 5.88 Å². The van der Waals surface area contributed by atoms with Crippen molar-refractivity contribution in [2.75, 3.05) is 0 Å². The molecule has 0 spiro atoms. The van der Waals surface area contributed by atoms with Crippen LogP contribution in [-0.4, -0.2) is 14.8 Å². The molecule has 0 amide bonds. The standard InChI is InChI=1S/C16H16ClN3O/c1-11(2)20-10-13(9-18-20)21-16-7-12(8-17)19-15-6-4-3-5-14(15)16/h3-7,9-11H,8H2,1-2H3. The normalized spacial score (nSPS) is 11.2. The third kappa shape index (κ3) is 2.85. The molecule has 0 atom stereocenters. The average Bonchev–Trinajstić information content (AvgIpc) is 2.96. The molecular formula is C16H16ClN3O. The van der Waals surface area contributed by atoms with Gasteiger partial charge in [-0.2, -0.15) is 5.10 Å². The van der Waals surface area contributed by atoms with Gasteiger partial charge in [-0.05, 0) is 26.0 Å². The summed E-state index contributed by atoms with van der Waals surface area (Å²) in [6, 6.07) is 10.0. The first-order valence-corrected chi connectivity index (χ1v) is 7.37. The maximum atomic E-state index is 5.98. The summed E-state index contributed by atoms with van der Waals surface area (Å²) in [5.41, 5.74) is 1.67. The van der Waals surface area contributed by atoms with Gasteiger partial charge in [-0.15, -0.1) is 11.6 Å². The molecule has 0 aliphatic rings. The Hall–Kier alpha value is -2.07. The largest absolute Gasteiger partial charge is 0.453 e. The number of hydrogen-bond acceptors (Lipinski definition) is 3. The van der Waals surface area contributed by atoms with E-state index in [1.165, 1.54) is 0 Å². The van der Waals surface area contributed by atoms with E-state index in [0.717, 1.165) is 22.3 Å². The van der Waals surface area contributed by atoms with Gasteiger partial charge in [0.2, 0.25) is 0 Å². The van der Waals surface area contributed by atoms with Gasteiger partial charge in [-0.1, -0.05) is 12.1 Å². The van der Waals surface area contributed by atoms with Crippen LogP contribution >= 0.6 is 11.6 Å². The highest BCUT2D eigenvalue weighted by atomic mass is 35.5. The molecule has 0 radical (unpaired) electrons. The van der Waals surface area contributed by atoms with E-state index in [-0.39, 0.29) is 0 Å². The van der Waals surface area contributed by atoms with Gasteiger partial charge in [0.25, 0.3) is 0 Å². The number of ether oxygens (including phenoxy) is 1. The van der Waals surface area contributed by atoms with Gasteiger partial charge in [0, 0.05) is 17.5 Å². The minimum absolute atomic E-state index is 0.301. The van der Waals surface area contributed by atoms with E-state index in [1.807, 2.05) is 41.2 Å². The summed E-state index contributed by atoms with van der Waals surface area (Å²) in [4.78, 5) is 4.50. The number of rotatable bonds is 4. The Labute approximate surface area is 128 Å². The van der Waals surface area contributed by atoms with Crippen molar-refractivity contribution >= 4 is 22.5 Å². The smallest absolute Gasteiger partial charge is 0.165 e. The first-order valence-electron chi connectivity index (χ1n) is 6.84. The molecule has 0 aliphatic carbocycles. The Bertz CT molecular complexity index is 767. The van der Waals surface area contributed by atoms with E-state index < -0.39 is 0 Å². The molecule has 0 bridgehead atoms. The maximum absolute atomic E-state index is 5.98. The van der Waals surface area contributed by atoms with Crippen LogP contribution in [0.3, 0.4) is 0 Å². The minimum Gasteiger partial charge on any atom is -0.453 e. The highest BCUT2D eigenvalue weighted by molar-refractivity contribution is 6.17. The van der Waals surface area contributed by atoms with Crippen molar-refractivity contribution in [3.63, 3.8) is 0 Å². The quantitative estimate of drug-likeness (QED) is 0.664. The lowest BCUT2D eigenvalue weighted by Crippen LogP contribution is -1.99. The molecule has 5 heteroatoms. The zero-order valence-corrected chi connectivity index (χ0v) is 12.7. The van der Waals surface area contributed by atoms with Crippen molar-refractivity contribution < 1.29 is 4.74 Å². The van der Waals surface area contributed by atoms with Crippen LogP contribution in [0, 0.1) is 0 Å². The first kappa shape index (κ1) is 13.9. The molecule has 2 aromatic heterocycles. The lowest BCUT2D eigenvalue weighted by molar-refractivity contribution is 0.481. The van der Waals surface area contributed by atoms with E-state index in [0.29, 0.717) is 17.7 Å². The molecule has 21 heavy (non-hydrogen) atoms. The molecule has 1 aromatic carbocycles. The average molecular weight is 302 g/mol. The molecule has 0 N–H and O–H groups in total. The van der Waals surface area contributed by atoms with Gasteiger partial charge >= 0.3 is 0 Å². The number of aromatic nitrogens is 3. The molecule has 4 nitrogen and oxygen atoms in total. The van der Waals surface area contributed by atoms with Crippen molar-refractivity contribution in [2.45, 2.75) is 25.8 Å². The summed E-state index contributed by atoms with van der Waals surface area (Å²) in [5.74, 6) is 1.81. The predicted molar refractivity (Wildman–Crippen MR) is 84.0 cm³/mol. The van der Waals surface area contributed by atoms with Gasteiger partial charge in [0.1, 0.15) is 5.75 Å². The number of hydrogen-bond donors (Lipinski definition) is 0. The van der Waals surface area contributed by atoms with Gasteiger partial charge in [-0.3, -0.25) is 9.67 Å². The number of pyridine rings is 1. The van der Waals surface area contributed by atoms with Crippen LogP contribution in [0.4, 0.5) is 0 Å². The second kappa shape index (κ2) is 5.74. The summed E-state index contributed by atoms with van der Waals surface area (Å²) >= 11 is 5.91. The lowest BCUT2D eigenvalue weighted by atomic mass is 10.2. The lowest BCUT2D eigenvalue weighted by Gasteiger charge is -2.09. The van der Waals surface area contributed by atoms with E-state index in [4.69, 9.17) is 16.3 Å². The maximum Gasteiger partial charge on any atom is 0.165 e. The van der Waals surface area contributed by atoms with Crippen molar-refractivity contribution in [2.24, 2.45) is 0 Å². The number of para-hydroxylation sites is 1. The molecule has 0 aliphatic heterocycles. The van der Waals surface area contributed by atoms with Crippen LogP contribution in [0.15, 0.2) is 42.7 Å². The zero-order chi connectivity index (χ0) is 14.8. The van der Waals surface area contributed by atoms with Crippen LogP contribution in [0.1, 0.15) is 25.6 Å². The third-order valence-electron chi connectivity index (χ3n) is 3.20. The molecule has 108 valence electrons. The zero-order valence-electron chi connectivity index (χ0n) is 12.0. The Morgan fingerprint density at radius 2 is 2.10 bits per heavy atom. The number of alkyl halides is 1. The van der Waals surface area contributed by atoms with Gasteiger partial charge in [0.05, 0.1) is 29.5 Å². The second-order valence-corrected chi connectivity index (χ2v) is 5.38. The van der Waals surface area contributed by atoms with Gasteiger partial charge in [-0.25, -0.2) is 0 Å². The van der Waals surface area contributed by atoms with E-state index in [9.17, 15) is 0 Å². The fourth-order valence-electron chi connectivity index (χ4n) is 2.13. The van der Waals surface area contributed by atoms with Gasteiger partial charge < -0.3 is 4.74 Å². The van der Waals surface area contributed by atoms with Crippen molar-refractivity contribution in [1.29, 1.82) is 0 Å². The topological polar surface area (TPSA) is 39.9 Å². The first-order chi connectivity index (χ1) is 10.2. The Kier molecular flexibility index (Phi) is 3.80. The van der Waals surface area contributed by atoms with E-state index in [2.05, 4.69) is 23.9 Å². The number of benzene rings is 1. The fourth-order valence-corrected chi connectivity index (χ4v) is 2.27. The summed E-state index contributed by atoms with van der Waals surface area (Å²) < 4.78 is 7.85. The number of halogens is 1. The van der Waals surface area contributed by atoms with Crippen LogP contribution < -0.4 is 4.74 Å². The molecular weight excluding hydrogens is 286 g/mol. The number of fused-ring (bicyclic) bond motifs is 1. The molecule has 3 rings (SSSR count). The molecule has 0 unspecified atom stereocenters. The van der Waals surface area contributed by atoms with Crippen LogP contribution in [0.5, 0.6) is 11.5 Å². The Morgan fingerprint density at radius 3 is 2.81 bits per heavy atom. The molecule has 0 fully saturated rings. The predicted octanol–water partition coefficient (Wildman–Crippen LogP) is 4.54. The van der Waals surface area contributed by atoms with E-state index >= 15 is 0 Å². The second-order valence-electron chi connectivity index (χ2n) is 5.11. The van der Waals surface area contributed by atoms with Crippen LogP contribution in [0.25, 0.3) is 10.9 Å². The summed E-state index contributed by atoms with van der Waals surface area (Å²) in [6.45, 7) is 4.15. The highest BCUT2D eigenvalue weighted by Crippen LogP contribution is 2.30.